The van der Waals surface area contributed by atoms with Crippen molar-refractivity contribution in [2.24, 2.45) is 29.1 Å². The minimum atomic E-state index is 0.347. The Morgan fingerprint density at radius 1 is 0.941 bits per heavy atom. The van der Waals surface area contributed by atoms with E-state index in [-0.39, 0.29) is 0 Å². The van der Waals surface area contributed by atoms with Crippen LogP contribution in [0.5, 0.6) is 0 Å². The van der Waals surface area contributed by atoms with E-state index < -0.39 is 0 Å². The Kier molecular flexibility index (Phi) is 4.88. The Morgan fingerprint density at radius 2 is 1.71 bits per heavy atom. The van der Waals surface area contributed by atoms with E-state index in [4.69, 9.17) is 0 Å². The zero-order valence-corrected chi connectivity index (χ0v) is 21.4. The van der Waals surface area contributed by atoms with Gasteiger partial charge in [0.1, 0.15) is 0 Å². The first-order valence-electron chi connectivity index (χ1n) is 14.2. The molecule has 6 unspecified atom stereocenters. The standard InChI is InChI=1S/C32H42N2/c1-4-29-30-26(20-34(29)19-23-10-6-5-7-11-23)17-31(3)22(2)33(18-24-14-15-24)21-27-16-25-12-8-9-13-28(25)32(27,30)31/h5-13,22,24,26-27,29-30H,4,14-21H2,1-3H3/t22?,26-,27?,29?,30?,31?,32?/m1/s1. The number of piperidine rings is 1. The van der Waals surface area contributed by atoms with Crippen molar-refractivity contribution in [2.75, 3.05) is 19.6 Å². The van der Waals surface area contributed by atoms with Crippen molar-refractivity contribution in [1.29, 1.82) is 0 Å². The number of benzene rings is 2. The molecule has 0 N–H and O–H groups in total. The lowest BCUT2D eigenvalue weighted by Crippen LogP contribution is -2.66. The summed E-state index contributed by atoms with van der Waals surface area (Å²) < 4.78 is 0. The van der Waals surface area contributed by atoms with Gasteiger partial charge in [-0.15, -0.1) is 0 Å². The monoisotopic (exact) mass is 454 g/mol. The van der Waals surface area contributed by atoms with Crippen molar-refractivity contribution in [2.45, 2.75) is 76.9 Å². The zero-order chi connectivity index (χ0) is 23.1. The first-order chi connectivity index (χ1) is 16.6. The van der Waals surface area contributed by atoms with Crippen LogP contribution in [0.3, 0.4) is 0 Å². The molecule has 2 saturated carbocycles. The Morgan fingerprint density at radius 3 is 2.47 bits per heavy atom. The highest BCUT2D eigenvalue weighted by atomic mass is 15.2. The van der Waals surface area contributed by atoms with Crippen molar-refractivity contribution in [3.8, 4) is 0 Å². The highest BCUT2D eigenvalue weighted by Gasteiger charge is 2.74. The highest BCUT2D eigenvalue weighted by Crippen LogP contribution is 2.73. The van der Waals surface area contributed by atoms with Crippen molar-refractivity contribution in [3.63, 3.8) is 0 Å². The van der Waals surface area contributed by atoms with Crippen LogP contribution in [-0.4, -0.2) is 41.5 Å². The maximum absolute atomic E-state index is 2.95. The van der Waals surface area contributed by atoms with Gasteiger partial charge in [0.05, 0.1) is 0 Å². The third-order valence-electron chi connectivity index (χ3n) is 11.4. The number of hydrogen-bond donors (Lipinski definition) is 0. The molecule has 4 fully saturated rings. The number of nitrogens with zero attached hydrogens (tertiary/aromatic N) is 2. The van der Waals surface area contributed by atoms with Gasteiger partial charge in [-0.05, 0) is 84.8 Å². The molecule has 2 heteroatoms. The molecule has 2 heterocycles. The lowest BCUT2D eigenvalue weighted by atomic mass is 9.50. The maximum Gasteiger partial charge on any atom is 0.0236 e. The summed E-state index contributed by atoms with van der Waals surface area (Å²) in [5, 5.41) is 0. The predicted octanol–water partition coefficient (Wildman–Crippen LogP) is 6.15. The third kappa shape index (κ3) is 2.82. The smallest absolute Gasteiger partial charge is 0.0236 e. The topological polar surface area (TPSA) is 6.48 Å². The van der Waals surface area contributed by atoms with Crippen LogP contribution in [0.4, 0.5) is 0 Å². The van der Waals surface area contributed by atoms with Gasteiger partial charge in [0, 0.05) is 43.7 Å². The van der Waals surface area contributed by atoms with Crippen LogP contribution in [0.15, 0.2) is 54.6 Å². The molecule has 0 amide bonds. The van der Waals surface area contributed by atoms with Gasteiger partial charge in [-0.25, -0.2) is 0 Å². The average molecular weight is 455 g/mol. The summed E-state index contributed by atoms with van der Waals surface area (Å²) in [6.07, 6.45) is 6.92. The Balaban J connectivity index is 1.32. The third-order valence-corrected chi connectivity index (χ3v) is 11.4. The molecule has 2 nitrogen and oxygen atoms in total. The second-order valence-corrected chi connectivity index (χ2v) is 12.8. The second kappa shape index (κ2) is 7.68. The SMILES string of the molecule is CCC1C2[C@@H](CN1Cc1ccccc1)CC1(C)C(C)N(CC3CC3)CC3Cc4ccccc4C321. The van der Waals surface area contributed by atoms with E-state index in [2.05, 4.69) is 85.2 Å². The Hall–Kier alpha value is -1.64. The minimum Gasteiger partial charge on any atom is -0.299 e. The fourth-order valence-electron chi connectivity index (χ4n) is 9.97. The molecule has 1 spiro atoms. The molecule has 5 aliphatic rings. The van der Waals surface area contributed by atoms with Gasteiger partial charge >= 0.3 is 0 Å². The summed E-state index contributed by atoms with van der Waals surface area (Å²) in [6, 6.07) is 22.3. The molecule has 0 bridgehead atoms. The molecular formula is C32H42N2. The van der Waals surface area contributed by atoms with E-state index in [0.717, 1.165) is 30.2 Å². The van der Waals surface area contributed by atoms with E-state index in [0.29, 0.717) is 22.9 Å². The first kappa shape index (κ1) is 21.6. The number of fused-ring (bicyclic) bond motifs is 2. The molecule has 0 aromatic heterocycles. The molecule has 180 valence electrons. The highest BCUT2D eigenvalue weighted by molar-refractivity contribution is 5.48. The lowest BCUT2D eigenvalue weighted by molar-refractivity contribution is -0.0791. The summed E-state index contributed by atoms with van der Waals surface area (Å²) >= 11 is 0. The number of rotatable bonds is 5. The molecule has 2 aliphatic heterocycles. The van der Waals surface area contributed by atoms with Crippen LogP contribution in [0.25, 0.3) is 0 Å². The lowest BCUT2D eigenvalue weighted by Gasteiger charge is -2.61. The Labute approximate surface area is 206 Å². The van der Waals surface area contributed by atoms with Gasteiger partial charge in [0.2, 0.25) is 0 Å². The van der Waals surface area contributed by atoms with Gasteiger partial charge < -0.3 is 0 Å². The van der Waals surface area contributed by atoms with Crippen LogP contribution in [0.1, 0.15) is 63.1 Å². The first-order valence-corrected chi connectivity index (χ1v) is 14.2. The summed E-state index contributed by atoms with van der Waals surface area (Å²) in [6.45, 7) is 12.9. The molecular weight excluding hydrogens is 412 g/mol. The van der Waals surface area contributed by atoms with Crippen LogP contribution in [0, 0.1) is 29.1 Å². The van der Waals surface area contributed by atoms with Crippen molar-refractivity contribution >= 4 is 0 Å². The van der Waals surface area contributed by atoms with E-state index in [1.54, 1.807) is 11.1 Å². The zero-order valence-electron chi connectivity index (χ0n) is 21.4. The van der Waals surface area contributed by atoms with E-state index >= 15 is 0 Å². The largest absolute Gasteiger partial charge is 0.299 e. The Bertz CT molecular complexity index is 1060. The van der Waals surface area contributed by atoms with Crippen LogP contribution in [0.2, 0.25) is 0 Å². The molecule has 7 atom stereocenters. The summed E-state index contributed by atoms with van der Waals surface area (Å²) in [5.41, 5.74) is 5.64. The average Bonchev–Trinajstić information content (AvgIpc) is 3.43. The van der Waals surface area contributed by atoms with Gasteiger partial charge in [-0.1, -0.05) is 68.4 Å². The molecule has 0 radical (unpaired) electrons. The van der Waals surface area contributed by atoms with Crippen LogP contribution < -0.4 is 0 Å². The van der Waals surface area contributed by atoms with Crippen molar-refractivity contribution < 1.29 is 0 Å². The number of likely N-dealkylation sites (tertiary alicyclic amines) is 2. The number of hydrogen-bond acceptors (Lipinski definition) is 2. The van der Waals surface area contributed by atoms with Crippen LogP contribution >= 0.6 is 0 Å². The van der Waals surface area contributed by atoms with Gasteiger partial charge in [-0.3, -0.25) is 9.80 Å². The fourth-order valence-corrected chi connectivity index (χ4v) is 9.97. The molecule has 34 heavy (non-hydrogen) atoms. The van der Waals surface area contributed by atoms with Gasteiger partial charge in [0.15, 0.2) is 0 Å². The van der Waals surface area contributed by atoms with E-state index in [9.17, 15) is 0 Å². The molecule has 2 saturated heterocycles. The molecule has 3 aliphatic carbocycles. The summed E-state index contributed by atoms with van der Waals surface area (Å²) in [7, 11) is 0. The molecule has 2 aromatic carbocycles. The van der Waals surface area contributed by atoms with Crippen molar-refractivity contribution in [3.05, 3.63) is 71.3 Å². The maximum atomic E-state index is 2.95. The fraction of sp³-hybridized carbons (Fsp3) is 0.625. The van der Waals surface area contributed by atoms with E-state index in [1.165, 1.54) is 57.3 Å². The summed E-state index contributed by atoms with van der Waals surface area (Å²) in [5.74, 6) is 3.39. The quantitative estimate of drug-likeness (QED) is 0.535. The summed E-state index contributed by atoms with van der Waals surface area (Å²) in [4.78, 5) is 5.84. The molecule has 7 rings (SSSR count). The predicted molar refractivity (Wildman–Crippen MR) is 140 cm³/mol. The minimum absolute atomic E-state index is 0.347. The second-order valence-electron chi connectivity index (χ2n) is 12.8. The van der Waals surface area contributed by atoms with Gasteiger partial charge in [0.25, 0.3) is 0 Å². The molecule has 2 aromatic rings. The van der Waals surface area contributed by atoms with Gasteiger partial charge in [-0.2, -0.15) is 0 Å². The van der Waals surface area contributed by atoms with Crippen molar-refractivity contribution in [1.82, 2.24) is 9.80 Å². The van der Waals surface area contributed by atoms with E-state index in [1.807, 2.05) is 0 Å². The van der Waals surface area contributed by atoms with Crippen LogP contribution in [-0.2, 0) is 18.4 Å². The normalized spacial score (nSPS) is 41.2.